The average molecular weight is 500 g/mol. The van der Waals surface area contributed by atoms with Crippen molar-refractivity contribution in [3.8, 4) is 5.69 Å². The summed E-state index contributed by atoms with van der Waals surface area (Å²) in [6, 6.07) is 12.6. The number of benzene rings is 2. The van der Waals surface area contributed by atoms with Crippen LogP contribution in [0.1, 0.15) is 23.3 Å². The molecule has 1 N–H and O–H groups in total. The van der Waals surface area contributed by atoms with Crippen LogP contribution in [0.25, 0.3) is 15.9 Å². The average Bonchev–Trinajstić information content (AvgIpc) is 3.19. The second-order valence-electron chi connectivity index (χ2n) is 7.75. The number of aryl methyl sites for hydroxylation is 2. The van der Waals surface area contributed by atoms with Gasteiger partial charge in [-0.15, -0.1) is 11.3 Å². The molecule has 0 fully saturated rings. The van der Waals surface area contributed by atoms with Gasteiger partial charge in [0.05, 0.1) is 16.8 Å². The predicted octanol–water partition coefficient (Wildman–Crippen LogP) is 5.85. The number of hydrogen-bond acceptors (Lipinski definition) is 5. The van der Waals surface area contributed by atoms with Gasteiger partial charge in [0.25, 0.3) is 5.56 Å². The van der Waals surface area contributed by atoms with Crippen LogP contribution in [0.3, 0.4) is 0 Å². The van der Waals surface area contributed by atoms with Crippen molar-refractivity contribution in [2.45, 2.75) is 30.8 Å². The Hall–Kier alpha value is -2.68. The summed E-state index contributed by atoms with van der Waals surface area (Å²) in [5.74, 6) is -0.590. The van der Waals surface area contributed by atoms with E-state index in [4.69, 9.17) is 16.6 Å². The third kappa shape index (κ3) is 4.55. The second kappa shape index (κ2) is 9.29. The lowest BCUT2D eigenvalue weighted by atomic mass is 9.97. The van der Waals surface area contributed by atoms with Crippen molar-refractivity contribution >= 4 is 56.5 Å². The van der Waals surface area contributed by atoms with E-state index in [1.807, 2.05) is 0 Å². The highest BCUT2D eigenvalue weighted by Gasteiger charge is 2.23. The molecule has 0 radical (unpaired) electrons. The summed E-state index contributed by atoms with van der Waals surface area (Å²) in [5.41, 5.74) is 2.15. The first-order valence-electron chi connectivity index (χ1n) is 10.5. The summed E-state index contributed by atoms with van der Waals surface area (Å²) in [6.45, 7) is 0. The molecule has 0 saturated heterocycles. The summed E-state index contributed by atoms with van der Waals surface area (Å²) in [5, 5.41) is 4.44. The number of amides is 1. The van der Waals surface area contributed by atoms with E-state index >= 15 is 0 Å². The summed E-state index contributed by atoms with van der Waals surface area (Å²) in [7, 11) is 0. The normalized spacial score (nSPS) is 13.2. The van der Waals surface area contributed by atoms with Crippen LogP contribution < -0.4 is 10.9 Å². The first-order chi connectivity index (χ1) is 16.0. The number of anilines is 1. The molecule has 2 aromatic carbocycles. The Labute approximate surface area is 202 Å². The molecule has 0 aliphatic heterocycles. The minimum Gasteiger partial charge on any atom is -0.325 e. The van der Waals surface area contributed by atoms with Gasteiger partial charge in [-0.3, -0.25) is 14.2 Å². The zero-order valence-corrected chi connectivity index (χ0v) is 19.8. The molecule has 0 saturated carbocycles. The predicted molar refractivity (Wildman–Crippen MR) is 133 cm³/mol. The topological polar surface area (TPSA) is 64.0 Å². The van der Waals surface area contributed by atoms with Crippen molar-refractivity contribution in [3.05, 3.63) is 80.2 Å². The van der Waals surface area contributed by atoms with Gasteiger partial charge < -0.3 is 5.32 Å². The Balaban J connectivity index is 1.51. The van der Waals surface area contributed by atoms with Crippen LogP contribution in [0, 0.1) is 5.82 Å². The highest BCUT2D eigenvalue weighted by Crippen LogP contribution is 2.35. The molecule has 1 aliphatic rings. The van der Waals surface area contributed by atoms with Crippen LogP contribution in [0.2, 0.25) is 5.02 Å². The van der Waals surface area contributed by atoms with Crippen molar-refractivity contribution in [1.82, 2.24) is 9.55 Å². The Kier molecular flexibility index (Phi) is 6.23. The number of aromatic nitrogens is 2. The van der Waals surface area contributed by atoms with Crippen LogP contribution in [0.5, 0.6) is 0 Å². The molecule has 1 amide bonds. The van der Waals surface area contributed by atoms with Crippen LogP contribution in [-0.4, -0.2) is 21.2 Å². The maximum Gasteiger partial charge on any atom is 0.267 e. The van der Waals surface area contributed by atoms with E-state index in [1.165, 1.54) is 40.9 Å². The molecule has 33 heavy (non-hydrogen) atoms. The SMILES string of the molecule is O=C(CSc1nc2sc3c(c2c(=O)n1-c1ccc(Cl)cc1)CCCC3)Nc1ccc(F)cc1. The molecule has 1 aliphatic carbocycles. The fourth-order valence-corrected chi connectivity index (χ4v) is 6.20. The van der Waals surface area contributed by atoms with E-state index < -0.39 is 0 Å². The van der Waals surface area contributed by atoms with Gasteiger partial charge in [0.15, 0.2) is 5.16 Å². The smallest absolute Gasteiger partial charge is 0.267 e. The molecule has 0 bridgehead atoms. The summed E-state index contributed by atoms with van der Waals surface area (Å²) >= 11 is 8.83. The zero-order chi connectivity index (χ0) is 22.9. The maximum atomic E-state index is 13.7. The number of rotatable bonds is 5. The Morgan fingerprint density at radius 3 is 2.61 bits per heavy atom. The van der Waals surface area contributed by atoms with E-state index in [1.54, 1.807) is 40.2 Å². The second-order valence-corrected chi connectivity index (χ2v) is 10.2. The van der Waals surface area contributed by atoms with Crippen molar-refractivity contribution in [1.29, 1.82) is 0 Å². The molecule has 0 spiro atoms. The molecule has 0 atom stereocenters. The van der Waals surface area contributed by atoms with Crippen molar-refractivity contribution < 1.29 is 9.18 Å². The molecule has 2 aromatic heterocycles. The van der Waals surface area contributed by atoms with Crippen LogP contribution in [-0.2, 0) is 17.6 Å². The first kappa shape index (κ1) is 22.1. The third-order valence-corrected chi connectivity index (χ3v) is 7.88. The van der Waals surface area contributed by atoms with Gasteiger partial charge in [0.1, 0.15) is 10.6 Å². The molecule has 168 valence electrons. The van der Waals surface area contributed by atoms with Crippen LogP contribution >= 0.6 is 34.7 Å². The van der Waals surface area contributed by atoms with Gasteiger partial charge in [-0.2, -0.15) is 0 Å². The molecule has 5 rings (SSSR count). The quantitative estimate of drug-likeness (QED) is 0.276. The number of nitrogens with zero attached hydrogens (tertiary/aromatic N) is 2. The number of carbonyl (C=O) groups excluding carboxylic acids is 1. The van der Waals surface area contributed by atoms with Crippen LogP contribution in [0.4, 0.5) is 10.1 Å². The lowest BCUT2D eigenvalue weighted by Crippen LogP contribution is -2.23. The summed E-state index contributed by atoms with van der Waals surface area (Å²) in [6.07, 6.45) is 4.05. The number of thioether (sulfide) groups is 1. The first-order valence-corrected chi connectivity index (χ1v) is 12.7. The fraction of sp³-hybridized carbons (Fsp3) is 0.208. The zero-order valence-electron chi connectivity index (χ0n) is 17.4. The Morgan fingerprint density at radius 1 is 1.12 bits per heavy atom. The van der Waals surface area contributed by atoms with Crippen LogP contribution in [0.15, 0.2) is 58.5 Å². The Morgan fingerprint density at radius 2 is 1.85 bits per heavy atom. The number of hydrogen-bond donors (Lipinski definition) is 1. The number of halogens is 2. The number of fused-ring (bicyclic) bond motifs is 3. The highest BCUT2D eigenvalue weighted by atomic mass is 35.5. The van der Waals surface area contributed by atoms with Gasteiger partial charge in [-0.1, -0.05) is 23.4 Å². The summed E-state index contributed by atoms with van der Waals surface area (Å²) < 4.78 is 14.7. The number of nitrogens with one attached hydrogen (secondary N) is 1. The molecule has 9 heteroatoms. The van der Waals surface area contributed by atoms with Gasteiger partial charge in [0.2, 0.25) is 5.91 Å². The van der Waals surface area contributed by atoms with Gasteiger partial charge in [0, 0.05) is 15.6 Å². The van der Waals surface area contributed by atoms with E-state index in [0.29, 0.717) is 26.9 Å². The highest BCUT2D eigenvalue weighted by molar-refractivity contribution is 7.99. The molecular weight excluding hydrogens is 481 g/mol. The minimum absolute atomic E-state index is 0.0496. The molecule has 2 heterocycles. The van der Waals surface area contributed by atoms with Crippen molar-refractivity contribution in [2.24, 2.45) is 0 Å². The third-order valence-electron chi connectivity index (χ3n) is 5.50. The van der Waals surface area contributed by atoms with Gasteiger partial charge >= 0.3 is 0 Å². The fourth-order valence-electron chi connectivity index (χ4n) is 3.96. The standard InChI is InChI=1S/C24H19ClFN3O2S2/c25-14-5-11-17(12-6-14)29-23(31)21-18-3-1-2-4-19(18)33-22(21)28-24(29)32-13-20(30)27-16-9-7-15(26)8-10-16/h5-12H,1-4,13H2,(H,27,30). The van der Waals surface area contributed by atoms with E-state index in [9.17, 15) is 14.0 Å². The Bertz CT molecular complexity index is 1400. The van der Waals surface area contributed by atoms with Gasteiger partial charge in [-0.05, 0) is 79.8 Å². The molecule has 5 nitrogen and oxygen atoms in total. The summed E-state index contributed by atoms with van der Waals surface area (Å²) in [4.78, 5) is 33.0. The molecule has 4 aromatic rings. The van der Waals surface area contributed by atoms with E-state index in [-0.39, 0.29) is 23.0 Å². The maximum absolute atomic E-state index is 13.7. The lowest BCUT2D eigenvalue weighted by molar-refractivity contribution is -0.113. The minimum atomic E-state index is -0.370. The van der Waals surface area contributed by atoms with Gasteiger partial charge in [-0.25, -0.2) is 9.37 Å². The number of carbonyl (C=O) groups is 1. The van der Waals surface area contributed by atoms with E-state index in [0.717, 1.165) is 36.1 Å². The monoisotopic (exact) mass is 499 g/mol. The van der Waals surface area contributed by atoms with Crippen molar-refractivity contribution in [2.75, 3.05) is 11.1 Å². The molecule has 0 unspecified atom stereocenters. The largest absolute Gasteiger partial charge is 0.325 e. The van der Waals surface area contributed by atoms with Crippen molar-refractivity contribution in [3.63, 3.8) is 0 Å². The number of thiophene rings is 1. The molecular formula is C24H19ClFN3O2S2. The van der Waals surface area contributed by atoms with E-state index in [2.05, 4.69) is 5.32 Å². The lowest BCUT2D eigenvalue weighted by Gasteiger charge is -2.14.